The van der Waals surface area contributed by atoms with Gasteiger partial charge in [0.05, 0.1) is 13.7 Å². The third kappa shape index (κ3) is 5.25. The fourth-order valence-corrected chi connectivity index (χ4v) is 3.63. The van der Waals surface area contributed by atoms with E-state index in [0.29, 0.717) is 24.6 Å². The summed E-state index contributed by atoms with van der Waals surface area (Å²) in [5.41, 5.74) is 2.88. The average Bonchev–Trinajstić information content (AvgIpc) is 3.17. The number of methoxy groups -OCH3 is 1. The van der Waals surface area contributed by atoms with Gasteiger partial charge in [0.2, 0.25) is 0 Å². The third-order valence-corrected chi connectivity index (χ3v) is 5.79. The lowest BCUT2D eigenvalue weighted by Crippen LogP contribution is -2.41. The smallest absolute Gasteiger partial charge is 0.254 e. The van der Waals surface area contributed by atoms with Gasteiger partial charge >= 0.3 is 0 Å². The van der Waals surface area contributed by atoms with Crippen molar-refractivity contribution in [2.24, 2.45) is 5.92 Å². The third-order valence-electron chi connectivity index (χ3n) is 5.55. The minimum absolute atomic E-state index is 0.0226. The van der Waals surface area contributed by atoms with Crippen LogP contribution in [0.3, 0.4) is 0 Å². The Morgan fingerprint density at radius 2 is 1.80 bits per heavy atom. The largest absolute Gasteiger partial charge is 0.497 e. The molecule has 0 N–H and O–H groups in total. The van der Waals surface area contributed by atoms with Gasteiger partial charge in [-0.1, -0.05) is 37.6 Å². The van der Waals surface area contributed by atoms with E-state index in [-0.39, 0.29) is 11.9 Å². The number of ether oxygens (including phenoxy) is 1. The van der Waals surface area contributed by atoms with Crippen molar-refractivity contribution in [1.29, 1.82) is 0 Å². The molecule has 1 atom stereocenters. The molecule has 3 aromatic rings. The van der Waals surface area contributed by atoms with Crippen molar-refractivity contribution in [3.63, 3.8) is 0 Å². The average molecular weight is 425 g/mol. The number of halogens is 1. The van der Waals surface area contributed by atoms with Gasteiger partial charge in [0.15, 0.2) is 0 Å². The minimum Gasteiger partial charge on any atom is -0.497 e. The molecule has 0 unspecified atom stereocenters. The van der Waals surface area contributed by atoms with Gasteiger partial charge in [-0.05, 0) is 66.9 Å². The van der Waals surface area contributed by atoms with Crippen LogP contribution in [0.1, 0.15) is 42.4 Å². The van der Waals surface area contributed by atoms with Crippen LogP contribution in [0.25, 0.3) is 0 Å². The lowest BCUT2D eigenvalue weighted by Gasteiger charge is -2.32. The molecular formula is C25H29ClN2O2. The first-order valence-corrected chi connectivity index (χ1v) is 10.6. The van der Waals surface area contributed by atoms with Crippen LogP contribution >= 0.6 is 11.6 Å². The monoisotopic (exact) mass is 424 g/mol. The van der Waals surface area contributed by atoms with Crippen molar-refractivity contribution in [3.8, 4) is 5.75 Å². The van der Waals surface area contributed by atoms with Crippen LogP contribution in [0.15, 0.2) is 66.9 Å². The zero-order valence-electron chi connectivity index (χ0n) is 18.0. The van der Waals surface area contributed by atoms with Crippen molar-refractivity contribution in [2.45, 2.75) is 39.9 Å². The molecule has 1 aromatic heterocycles. The number of carbonyl (C=O) groups excluding carboxylic acids is 1. The van der Waals surface area contributed by atoms with Crippen LogP contribution in [0.4, 0.5) is 0 Å². The predicted molar refractivity (Wildman–Crippen MR) is 122 cm³/mol. The predicted octanol–water partition coefficient (Wildman–Crippen LogP) is 5.89. The number of hydrogen-bond donors (Lipinski definition) is 0. The molecule has 5 heteroatoms. The Bertz CT molecular complexity index is 979. The number of amides is 1. The summed E-state index contributed by atoms with van der Waals surface area (Å²) in [6, 6.07) is 19.4. The Morgan fingerprint density at radius 3 is 2.43 bits per heavy atom. The SMILES string of the molecule is COc1ccc(C(=O)N(Cc2cccn2Cc2cccc(Cl)c2)[C@@H](C)C(C)C)cc1. The van der Waals surface area contributed by atoms with Gasteiger partial charge in [-0.2, -0.15) is 0 Å². The highest BCUT2D eigenvalue weighted by atomic mass is 35.5. The van der Waals surface area contributed by atoms with Crippen molar-refractivity contribution in [2.75, 3.05) is 7.11 Å². The highest BCUT2D eigenvalue weighted by Crippen LogP contribution is 2.21. The second kappa shape index (κ2) is 9.86. The van der Waals surface area contributed by atoms with E-state index in [1.165, 1.54) is 0 Å². The maximum Gasteiger partial charge on any atom is 0.254 e. The molecule has 0 aliphatic carbocycles. The van der Waals surface area contributed by atoms with Gasteiger partial charge in [0.1, 0.15) is 5.75 Å². The molecule has 2 aromatic carbocycles. The zero-order valence-corrected chi connectivity index (χ0v) is 18.8. The molecule has 3 rings (SSSR count). The van der Waals surface area contributed by atoms with Gasteiger partial charge in [-0.25, -0.2) is 0 Å². The first-order valence-electron chi connectivity index (χ1n) is 10.2. The Hall–Kier alpha value is -2.72. The standard InChI is InChI=1S/C25H29ClN2O2/c1-18(2)19(3)28(25(29)21-10-12-24(30-4)13-11-21)17-23-9-6-14-27(23)16-20-7-5-8-22(26)15-20/h5-15,18-19H,16-17H2,1-4H3/t19-/m0/s1. The second-order valence-electron chi connectivity index (χ2n) is 7.90. The van der Waals surface area contributed by atoms with E-state index < -0.39 is 0 Å². The van der Waals surface area contributed by atoms with E-state index in [9.17, 15) is 4.79 Å². The topological polar surface area (TPSA) is 34.5 Å². The molecule has 0 bridgehead atoms. The molecule has 0 radical (unpaired) electrons. The number of benzene rings is 2. The number of hydrogen-bond acceptors (Lipinski definition) is 2. The van der Waals surface area contributed by atoms with Gasteiger partial charge in [-0.3, -0.25) is 4.79 Å². The molecule has 1 amide bonds. The summed E-state index contributed by atoms with van der Waals surface area (Å²) in [4.78, 5) is 15.3. The summed E-state index contributed by atoms with van der Waals surface area (Å²) in [7, 11) is 1.62. The molecule has 0 aliphatic rings. The van der Waals surface area contributed by atoms with Crippen LogP contribution in [-0.2, 0) is 13.1 Å². The molecule has 0 saturated heterocycles. The lowest BCUT2D eigenvalue weighted by molar-refractivity contribution is 0.0622. The van der Waals surface area contributed by atoms with Gasteiger partial charge in [0.25, 0.3) is 5.91 Å². The van der Waals surface area contributed by atoms with Crippen molar-refractivity contribution < 1.29 is 9.53 Å². The Morgan fingerprint density at radius 1 is 1.07 bits per heavy atom. The lowest BCUT2D eigenvalue weighted by atomic mass is 10.0. The number of carbonyl (C=O) groups is 1. The fraction of sp³-hybridized carbons (Fsp3) is 0.320. The Balaban J connectivity index is 1.85. The number of aromatic nitrogens is 1. The first kappa shape index (κ1) is 22.0. The van der Waals surface area contributed by atoms with Crippen LogP contribution < -0.4 is 4.74 Å². The van der Waals surface area contributed by atoms with Gasteiger partial charge in [-0.15, -0.1) is 0 Å². The Labute approximate surface area is 184 Å². The van der Waals surface area contributed by atoms with E-state index in [1.807, 2.05) is 59.6 Å². The van der Waals surface area contributed by atoms with Crippen LogP contribution in [-0.4, -0.2) is 28.5 Å². The summed E-state index contributed by atoms with van der Waals surface area (Å²) in [5.74, 6) is 1.10. The molecule has 158 valence electrons. The molecule has 1 heterocycles. The molecule has 0 spiro atoms. The first-order chi connectivity index (χ1) is 14.4. The molecule has 30 heavy (non-hydrogen) atoms. The van der Waals surface area contributed by atoms with Crippen molar-refractivity contribution >= 4 is 17.5 Å². The van der Waals surface area contributed by atoms with Crippen LogP contribution in [0.2, 0.25) is 5.02 Å². The summed E-state index contributed by atoms with van der Waals surface area (Å²) in [6.45, 7) is 7.64. The van der Waals surface area contributed by atoms with E-state index >= 15 is 0 Å². The van der Waals surface area contributed by atoms with E-state index in [0.717, 1.165) is 22.0 Å². The summed E-state index contributed by atoms with van der Waals surface area (Å²) in [5, 5.41) is 0.728. The zero-order chi connectivity index (χ0) is 21.7. The van der Waals surface area contributed by atoms with Crippen molar-refractivity contribution in [1.82, 2.24) is 9.47 Å². The molecule has 0 fully saturated rings. The number of nitrogens with zero attached hydrogens (tertiary/aromatic N) is 2. The highest BCUT2D eigenvalue weighted by Gasteiger charge is 2.25. The summed E-state index contributed by atoms with van der Waals surface area (Å²) < 4.78 is 7.40. The number of rotatable bonds is 8. The van der Waals surface area contributed by atoms with E-state index in [1.54, 1.807) is 7.11 Å². The molecule has 0 aliphatic heterocycles. The molecule has 0 saturated carbocycles. The van der Waals surface area contributed by atoms with Crippen LogP contribution in [0, 0.1) is 5.92 Å². The summed E-state index contributed by atoms with van der Waals surface area (Å²) >= 11 is 6.15. The maximum atomic E-state index is 13.4. The van der Waals surface area contributed by atoms with Gasteiger partial charge in [0, 0.05) is 35.1 Å². The second-order valence-corrected chi connectivity index (χ2v) is 8.34. The molecular weight excluding hydrogens is 396 g/mol. The summed E-state index contributed by atoms with van der Waals surface area (Å²) in [6.07, 6.45) is 2.05. The van der Waals surface area contributed by atoms with Crippen molar-refractivity contribution in [3.05, 3.63) is 88.7 Å². The van der Waals surface area contributed by atoms with E-state index in [2.05, 4.69) is 37.5 Å². The normalized spacial score (nSPS) is 12.1. The fourth-order valence-electron chi connectivity index (χ4n) is 3.41. The maximum absolute atomic E-state index is 13.4. The minimum atomic E-state index is 0.0226. The highest BCUT2D eigenvalue weighted by molar-refractivity contribution is 6.30. The van der Waals surface area contributed by atoms with E-state index in [4.69, 9.17) is 16.3 Å². The van der Waals surface area contributed by atoms with Crippen LogP contribution in [0.5, 0.6) is 5.75 Å². The molecule has 4 nitrogen and oxygen atoms in total. The van der Waals surface area contributed by atoms with Gasteiger partial charge < -0.3 is 14.2 Å². The quantitative estimate of drug-likeness (QED) is 0.452. The Kier molecular flexibility index (Phi) is 7.22.